The van der Waals surface area contributed by atoms with Gasteiger partial charge in [-0.05, 0) is 0 Å². The lowest BCUT2D eigenvalue weighted by molar-refractivity contribution is -0.384. The summed E-state index contributed by atoms with van der Waals surface area (Å²) in [7, 11) is 0. The first-order valence-corrected chi connectivity index (χ1v) is 4.00. The molecule has 0 aliphatic rings. The van der Waals surface area contributed by atoms with Gasteiger partial charge in [0, 0.05) is 17.7 Å². The van der Waals surface area contributed by atoms with E-state index in [4.69, 9.17) is 0 Å². The lowest BCUT2D eigenvalue weighted by Gasteiger charge is -1.96. The molecule has 0 radical (unpaired) electrons. The molecule has 0 spiro atoms. The van der Waals surface area contributed by atoms with Gasteiger partial charge in [-0.1, -0.05) is 12.1 Å². The van der Waals surface area contributed by atoms with E-state index in [1.807, 2.05) is 0 Å². The van der Waals surface area contributed by atoms with Crippen molar-refractivity contribution in [3.05, 3.63) is 46.9 Å². The highest BCUT2D eigenvalue weighted by atomic mass is 16.6. The highest BCUT2D eigenvalue weighted by Crippen LogP contribution is 2.21. The van der Waals surface area contributed by atoms with E-state index in [1.54, 1.807) is 18.3 Å². The highest BCUT2D eigenvalue weighted by molar-refractivity contribution is 5.61. The van der Waals surface area contributed by atoms with E-state index in [9.17, 15) is 10.1 Å². The molecule has 1 N–H and O–H groups in total. The summed E-state index contributed by atoms with van der Waals surface area (Å²) < 4.78 is 0. The van der Waals surface area contributed by atoms with Gasteiger partial charge in [-0.15, -0.1) is 0 Å². The van der Waals surface area contributed by atoms with Gasteiger partial charge in [0.15, 0.2) is 0 Å². The first-order valence-electron chi connectivity index (χ1n) is 4.00. The maximum Gasteiger partial charge on any atom is 0.270 e. The molecular weight excluding hydrogens is 182 g/mol. The minimum Gasteiger partial charge on any atom is -0.345 e. The quantitative estimate of drug-likeness (QED) is 0.580. The number of hydrogen-bond donors (Lipinski definition) is 1. The van der Waals surface area contributed by atoms with Gasteiger partial charge in [-0.3, -0.25) is 10.1 Å². The molecule has 2 aromatic rings. The van der Waals surface area contributed by atoms with Crippen LogP contribution in [-0.2, 0) is 0 Å². The van der Waals surface area contributed by atoms with E-state index < -0.39 is 4.92 Å². The summed E-state index contributed by atoms with van der Waals surface area (Å²) in [5.74, 6) is 0. The molecule has 2 rings (SSSR count). The van der Waals surface area contributed by atoms with Crippen LogP contribution in [0, 0.1) is 10.1 Å². The fourth-order valence-corrected chi connectivity index (χ4v) is 1.20. The topological polar surface area (TPSA) is 71.8 Å². The maximum atomic E-state index is 10.5. The van der Waals surface area contributed by atoms with Crippen LogP contribution in [0.2, 0.25) is 0 Å². The van der Waals surface area contributed by atoms with E-state index in [0.717, 1.165) is 11.3 Å². The summed E-state index contributed by atoms with van der Waals surface area (Å²) in [6.07, 6.45) is 3.16. The SMILES string of the molecule is O=[N+]([O-])c1cccc(-c2cnc[nH]2)c1. The van der Waals surface area contributed by atoms with Crippen molar-refractivity contribution >= 4 is 5.69 Å². The average molecular weight is 189 g/mol. The standard InChI is InChI=1S/C9H7N3O2/c13-12(14)8-3-1-2-7(4-8)9-5-10-6-11-9/h1-6H,(H,10,11). The molecule has 1 aromatic carbocycles. The molecule has 0 saturated carbocycles. The Morgan fingerprint density at radius 3 is 2.93 bits per heavy atom. The van der Waals surface area contributed by atoms with Crippen LogP contribution in [0.3, 0.4) is 0 Å². The number of nitrogens with zero attached hydrogens (tertiary/aromatic N) is 2. The summed E-state index contributed by atoms with van der Waals surface area (Å²) in [6.45, 7) is 0. The zero-order chi connectivity index (χ0) is 9.97. The molecule has 0 saturated heterocycles. The lowest BCUT2D eigenvalue weighted by Crippen LogP contribution is -1.87. The zero-order valence-electron chi connectivity index (χ0n) is 7.18. The van der Waals surface area contributed by atoms with Crippen LogP contribution in [0.5, 0.6) is 0 Å². The smallest absolute Gasteiger partial charge is 0.270 e. The highest BCUT2D eigenvalue weighted by Gasteiger charge is 2.06. The second-order valence-corrected chi connectivity index (χ2v) is 2.77. The van der Waals surface area contributed by atoms with Crippen LogP contribution in [-0.4, -0.2) is 14.9 Å². The third kappa shape index (κ3) is 1.47. The first-order chi connectivity index (χ1) is 6.77. The Hall–Kier alpha value is -2.17. The van der Waals surface area contributed by atoms with E-state index in [0.29, 0.717) is 0 Å². The van der Waals surface area contributed by atoms with Crippen LogP contribution in [0.25, 0.3) is 11.3 Å². The number of benzene rings is 1. The van der Waals surface area contributed by atoms with Crippen molar-refractivity contribution in [2.45, 2.75) is 0 Å². The first kappa shape index (κ1) is 8.43. The van der Waals surface area contributed by atoms with Crippen molar-refractivity contribution in [1.82, 2.24) is 9.97 Å². The lowest BCUT2D eigenvalue weighted by atomic mass is 10.1. The van der Waals surface area contributed by atoms with Crippen molar-refractivity contribution in [3.63, 3.8) is 0 Å². The molecule has 1 aromatic heterocycles. The number of nitrogens with one attached hydrogen (secondary N) is 1. The van der Waals surface area contributed by atoms with Crippen LogP contribution in [0.4, 0.5) is 5.69 Å². The Morgan fingerprint density at radius 1 is 1.43 bits per heavy atom. The van der Waals surface area contributed by atoms with Crippen LogP contribution < -0.4 is 0 Å². The van der Waals surface area contributed by atoms with Gasteiger partial charge >= 0.3 is 0 Å². The summed E-state index contributed by atoms with van der Waals surface area (Å²) in [4.78, 5) is 16.8. The number of non-ortho nitro benzene ring substituents is 1. The number of nitro groups is 1. The van der Waals surface area contributed by atoms with Gasteiger partial charge in [-0.25, -0.2) is 4.98 Å². The van der Waals surface area contributed by atoms with Crippen molar-refractivity contribution in [2.24, 2.45) is 0 Å². The van der Waals surface area contributed by atoms with Gasteiger partial charge in [0.25, 0.3) is 5.69 Å². The number of aromatic nitrogens is 2. The average Bonchev–Trinajstić information content (AvgIpc) is 2.71. The Morgan fingerprint density at radius 2 is 2.29 bits per heavy atom. The van der Waals surface area contributed by atoms with Gasteiger partial charge < -0.3 is 4.98 Å². The maximum absolute atomic E-state index is 10.5. The molecule has 0 atom stereocenters. The second-order valence-electron chi connectivity index (χ2n) is 2.77. The molecule has 0 bridgehead atoms. The van der Waals surface area contributed by atoms with E-state index in [2.05, 4.69) is 9.97 Å². The number of aromatic amines is 1. The fraction of sp³-hybridized carbons (Fsp3) is 0. The van der Waals surface area contributed by atoms with Gasteiger partial charge in [0.2, 0.25) is 0 Å². The van der Waals surface area contributed by atoms with E-state index in [-0.39, 0.29) is 5.69 Å². The van der Waals surface area contributed by atoms with Crippen LogP contribution in [0.15, 0.2) is 36.8 Å². The van der Waals surface area contributed by atoms with E-state index >= 15 is 0 Å². The fourth-order valence-electron chi connectivity index (χ4n) is 1.20. The molecule has 5 heteroatoms. The molecular formula is C9H7N3O2. The molecule has 70 valence electrons. The third-order valence-corrected chi connectivity index (χ3v) is 1.87. The minimum absolute atomic E-state index is 0.0806. The van der Waals surface area contributed by atoms with Crippen LogP contribution >= 0.6 is 0 Å². The van der Waals surface area contributed by atoms with Gasteiger partial charge in [0.1, 0.15) is 0 Å². The number of imidazole rings is 1. The van der Waals surface area contributed by atoms with Crippen molar-refractivity contribution in [1.29, 1.82) is 0 Å². The van der Waals surface area contributed by atoms with E-state index in [1.165, 1.54) is 18.5 Å². The normalized spacial score (nSPS) is 10.0. The molecule has 14 heavy (non-hydrogen) atoms. The molecule has 0 unspecified atom stereocenters. The molecule has 1 heterocycles. The minimum atomic E-state index is -0.417. The molecule has 0 aliphatic heterocycles. The number of hydrogen-bond acceptors (Lipinski definition) is 3. The number of H-pyrrole nitrogens is 1. The number of rotatable bonds is 2. The van der Waals surface area contributed by atoms with Crippen molar-refractivity contribution < 1.29 is 4.92 Å². The third-order valence-electron chi connectivity index (χ3n) is 1.87. The van der Waals surface area contributed by atoms with Gasteiger partial charge in [-0.2, -0.15) is 0 Å². The summed E-state index contributed by atoms with van der Waals surface area (Å²) in [6, 6.07) is 6.40. The predicted octanol–water partition coefficient (Wildman–Crippen LogP) is 1.98. The predicted molar refractivity (Wildman–Crippen MR) is 50.7 cm³/mol. The van der Waals surface area contributed by atoms with Crippen LogP contribution in [0.1, 0.15) is 0 Å². The second kappa shape index (κ2) is 3.29. The zero-order valence-corrected chi connectivity index (χ0v) is 7.18. The Bertz CT molecular complexity index is 451. The Kier molecular flexibility index (Phi) is 1.98. The summed E-state index contributed by atoms with van der Waals surface area (Å²) >= 11 is 0. The molecule has 0 aliphatic carbocycles. The molecule has 0 amide bonds. The monoisotopic (exact) mass is 189 g/mol. The Labute approximate surface area is 79.6 Å². The molecule has 5 nitrogen and oxygen atoms in total. The van der Waals surface area contributed by atoms with Gasteiger partial charge in [0.05, 0.1) is 23.1 Å². The summed E-state index contributed by atoms with van der Waals surface area (Å²) in [5, 5.41) is 10.5. The Balaban J connectivity index is 2.46. The van der Waals surface area contributed by atoms with Crippen molar-refractivity contribution in [3.8, 4) is 11.3 Å². The number of nitro benzene ring substituents is 1. The largest absolute Gasteiger partial charge is 0.345 e. The summed E-state index contributed by atoms with van der Waals surface area (Å²) in [5.41, 5.74) is 1.61. The van der Waals surface area contributed by atoms with Crippen molar-refractivity contribution in [2.75, 3.05) is 0 Å². The molecule has 0 fully saturated rings.